The van der Waals surface area contributed by atoms with Gasteiger partial charge in [-0.25, -0.2) is 0 Å². The van der Waals surface area contributed by atoms with E-state index in [1.165, 1.54) is 4.80 Å². The predicted octanol–water partition coefficient (Wildman–Crippen LogP) is 3.97. The van der Waals surface area contributed by atoms with Gasteiger partial charge in [-0.05, 0) is 35.4 Å². The molecule has 0 bridgehead atoms. The molecular formula is C24H21ClN4O2. The maximum absolute atomic E-state index is 12.9. The standard InChI is InChI=1S/C24H21ClN4O2/c25-19-11-13-20(14-12-19)29-27-22(16-30)23(28-29)24(31)26-15-21(17-7-3-1-4-8-17)18-9-5-2-6-10-18/h1-14,21,30H,15-16H2,(H,26,31). The van der Waals surface area contributed by atoms with Crippen LogP contribution in [0.15, 0.2) is 84.9 Å². The summed E-state index contributed by atoms with van der Waals surface area (Å²) in [5.41, 5.74) is 3.15. The molecule has 4 aromatic rings. The molecule has 1 aromatic heterocycles. The van der Waals surface area contributed by atoms with Crippen LogP contribution in [0.5, 0.6) is 0 Å². The second-order valence-electron chi connectivity index (χ2n) is 7.00. The third kappa shape index (κ3) is 4.82. The number of nitrogens with one attached hydrogen (secondary N) is 1. The Kier molecular flexibility index (Phi) is 6.40. The van der Waals surface area contributed by atoms with Crippen molar-refractivity contribution in [3.05, 3.63) is 112 Å². The van der Waals surface area contributed by atoms with E-state index in [0.717, 1.165) is 11.1 Å². The van der Waals surface area contributed by atoms with E-state index in [2.05, 4.69) is 15.5 Å². The van der Waals surface area contributed by atoms with Crippen molar-refractivity contribution >= 4 is 17.5 Å². The molecule has 0 aliphatic heterocycles. The lowest BCUT2D eigenvalue weighted by Gasteiger charge is -2.18. The zero-order valence-corrected chi connectivity index (χ0v) is 17.4. The number of hydrogen-bond donors (Lipinski definition) is 2. The average Bonchev–Trinajstić information content (AvgIpc) is 3.26. The van der Waals surface area contributed by atoms with Crippen LogP contribution in [0.25, 0.3) is 5.69 Å². The van der Waals surface area contributed by atoms with Crippen LogP contribution in [0.3, 0.4) is 0 Å². The molecule has 1 amide bonds. The zero-order chi connectivity index (χ0) is 21.6. The Balaban J connectivity index is 1.56. The quantitative estimate of drug-likeness (QED) is 0.463. The first kappa shape index (κ1) is 20.8. The molecular weight excluding hydrogens is 412 g/mol. The van der Waals surface area contributed by atoms with Crippen molar-refractivity contribution in [2.24, 2.45) is 0 Å². The second kappa shape index (κ2) is 9.55. The molecule has 0 saturated carbocycles. The van der Waals surface area contributed by atoms with Crippen LogP contribution >= 0.6 is 11.6 Å². The Bertz CT molecular complexity index is 1110. The molecule has 31 heavy (non-hydrogen) atoms. The highest BCUT2D eigenvalue weighted by molar-refractivity contribution is 6.30. The Morgan fingerprint density at radius 2 is 1.48 bits per heavy atom. The van der Waals surface area contributed by atoms with Gasteiger partial charge in [0.25, 0.3) is 5.91 Å². The van der Waals surface area contributed by atoms with Crippen LogP contribution in [0, 0.1) is 0 Å². The molecule has 7 heteroatoms. The van der Waals surface area contributed by atoms with Gasteiger partial charge in [0.15, 0.2) is 5.69 Å². The van der Waals surface area contributed by atoms with E-state index in [0.29, 0.717) is 17.3 Å². The van der Waals surface area contributed by atoms with Crippen LogP contribution in [-0.4, -0.2) is 32.6 Å². The molecule has 0 spiro atoms. The van der Waals surface area contributed by atoms with Crippen molar-refractivity contribution in [2.45, 2.75) is 12.5 Å². The number of nitrogens with zero attached hydrogens (tertiary/aromatic N) is 3. The predicted molar refractivity (Wildman–Crippen MR) is 119 cm³/mol. The summed E-state index contributed by atoms with van der Waals surface area (Å²) >= 11 is 5.93. The van der Waals surface area contributed by atoms with Crippen molar-refractivity contribution in [3.63, 3.8) is 0 Å². The van der Waals surface area contributed by atoms with Gasteiger partial charge in [-0.1, -0.05) is 72.3 Å². The Morgan fingerprint density at radius 1 is 0.903 bits per heavy atom. The molecule has 4 rings (SSSR count). The maximum Gasteiger partial charge on any atom is 0.273 e. The number of carbonyl (C=O) groups excluding carboxylic acids is 1. The van der Waals surface area contributed by atoms with E-state index < -0.39 is 6.61 Å². The summed E-state index contributed by atoms with van der Waals surface area (Å²) in [5, 5.41) is 21.8. The second-order valence-corrected chi connectivity index (χ2v) is 7.44. The van der Waals surface area contributed by atoms with Crippen molar-refractivity contribution in [1.82, 2.24) is 20.3 Å². The summed E-state index contributed by atoms with van der Waals surface area (Å²) in [6.07, 6.45) is 0. The Labute approximate surface area is 185 Å². The lowest BCUT2D eigenvalue weighted by molar-refractivity contribution is 0.0944. The molecule has 0 fully saturated rings. The van der Waals surface area contributed by atoms with E-state index in [4.69, 9.17) is 11.6 Å². The number of halogens is 1. The van der Waals surface area contributed by atoms with E-state index in [-0.39, 0.29) is 23.2 Å². The highest BCUT2D eigenvalue weighted by Crippen LogP contribution is 2.24. The van der Waals surface area contributed by atoms with Gasteiger partial charge in [0.1, 0.15) is 5.69 Å². The van der Waals surface area contributed by atoms with Gasteiger partial charge in [0.05, 0.1) is 12.3 Å². The van der Waals surface area contributed by atoms with E-state index in [1.807, 2.05) is 60.7 Å². The molecule has 0 aliphatic carbocycles. The Morgan fingerprint density at radius 3 is 2.03 bits per heavy atom. The van der Waals surface area contributed by atoms with Crippen LogP contribution in [-0.2, 0) is 6.61 Å². The number of aromatic nitrogens is 3. The largest absolute Gasteiger partial charge is 0.390 e. The van der Waals surface area contributed by atoms with Gasteiger partial charge in [-0.3, -0.25) is 4.79 Å². The molecule has 0 radical (unpaired) electrons. The highest BCUT2D eigenvalue weighted by Gasteiger charge is 2.21. The topological polar surface area (TPSA) is 80.0 Å². The minimum absolute atomic E-state index is 0.0183. The molecule has 0 unspecified atom stereocenters. The molecule has 1 heterocycles. The lowest BCUT2D eigenvalue weighted by Crippen LogP contribution is -2.30. The number of aliphatic hydroxyl groups excluding tert-OH is 1. The number of carbonyl (C=O) groups is 1. The summed E-state index contributed by atoms with van der Waals surface area (Å²) in [6, 6.07) is 26.9. The molecule has 0 atom stereocenters. The van der Waals surface area contributed by atoms with Crippen LogP contribution < -0.4 is 5.32 Å². The third-order valence-corrected chi connectivity index (χ3v) is 5.23. The van der Waals surface area contributed by atoms with Crippen molar-refractivity contribution < 1.29 is 9.90 Å². The number of amides is 1. The monoisotopic (exact) mass is 432 g/mol. The number of benzene rings is 3. The van der Waals surface area contributed by atoms with E-state index in [1.54, 1.807) is 24.3 Å². The number of rotatable bonds is 7. The maximum atomic E-state index is 12.9. The average molecular weight is 433 g/mol. The first-order valence-corrected chi connectivity index (χ1v) is 10.2. The fourth-order valence-corrected chi connectivity index (χ4v) is 3.51. The number of hydrogen-bond acceptors (Lipinski definition) is 4. The van der Waals surface area contributed by atoms with Crippen molar-refractivity contribution in [3.8, 4) is 5.69 Å². The first-order chi connectivity index (χ1) is 15.2. The molecule has 156 valence electrons. The number of aliphatic hydroxyl groups is 1. The van der Waals surface area contributed by atoms with Gasteiger partial charge < -0.3 is 10.4 Å². The van der Waals surface area contributed by atoms with E-state index in [9.17, 15) is 9.90 Å². The highest BCUT2D eigenvalue weighted by atomic mass is 35.5. The minimum Gasteiger partial charge on any atom is -0.390 e. The molecule has 3 aromatic carbocycles. The lowest BCUT2D eigenvalue weighted by atomic mass is 9.91. The molecule has 0 aliphatic rings. The van der Waals surface area contributed by atoms with Gasteiger partial charge in [-0.15, -0.1) is 10.2 Å². The molecule has 0 saturated heterocycles. The first-order valence-electron chi connectivity index (χ1n) is 9.87. The Hall–Kier alpha value is -3.48. The SMILES string of the molecule is O=C(NCC(c1ccccc1)c1ccccc1)c1nn(-c2ccc(Cl)cc2)nc1CO. The van der Waals surface area contributed by atoms with Gasteiger partial charge >= 0.3 is 0 Å². The van der Waals surface area contributed by atoms with Crippen LogP contribution in [0.1, 0.15) is 33.2 Å². The molecule has 6 nitrogen and oxygen atoms in total. The fraction of sp³-hybridized carbons (Fsp3) is 0.125. The summed E-state index contributed by atoms with van der Waals surface area (Å²) in [4.78, 5) is 14.3. The van der Waals surface area contributed by atoms with Gasteiger partial charge in [0, 0.05) is 17.5 Å². The molecule has 2 N–H and O–H groups in total. The summed E-state index contributed by atoms with van der Waals surface area (Å²) in [5.74, 6) is -0.406. The van der Waals surface area contributed by atoms with Crippen LogP contribution in [0.4, 0.5) is 0 Å². The summed E-state index contributed by atoms with van der Waals surface area (Å²) < 4.78 is 0. The van der Waals surface area contributed by atoms with Crippen molar-refractivity contribution in [1.29, 1.82) is 0 Å². The third-order valence-electron chi connectivity index (χ3n) is 4.98. The normalized spacial score (nSPS) is 10.9. The van der Waals surface area contributed by atoms with E-state index >= 15 is 0 Å². The van der Waals surface area contributed by atoms with Gasteiger partial charge in [0.2, 0.25) is 0 Å². The van der Waals surface area contributed by atoms with Gasteiger partial charge in [-0.2, -0.15) is 4.80 Å². The van der Waals surface area contributed by atoms with Crippen molar-refractivity contribution in [2.75, 3.05) is 6.54 Å². The smallest absolute Gasteiger partial charge is 0.273 e. The van der Waals surface area contributed by atoms with Crippen LogP contribution in [0.2, 0.25) is 5.02 Å². The zero-order valence-electron chi connectivity index (χ0n) is 16.6. The fourth-order valence-electron chi connectivity index (χ4n) is 3.39. The summed E-state index contributed by atoms with van der Waals surface area (Å²) in [6.45, 7) is -0.0112. The summed E-state index contributed by atoms with van der Waals surface area (Å²) in [7, 11) is 0. The minimum atomic E-state index is -0.392.